The van der Waals surface area contributed by atoms with E-state index in [9.17, 15) is 0 Å². The van der Waals surface area contributed by atoms with E-state index < -0.39 is 0 Å². The van der Waals surface area contributed by atoms with E-state index >= 15 is 0 Å². The molecule has 0 saturated heterocycles. The van der Waals surface area contributed by atoms with Crippen molar-refractivity contribution in [2.75, 3.05) is 39.6 Å². The van der Waals surface area contributed by atoms with E-state index in [1.807, 2.05) is 6.07 Å². The lowest BCUT2D eigenvalue weighted by Crippen LogP contribution is -2.08. The summed E-state index contributed by atoms with van der Waals surface area (Å²) < 4.78 is 10.7. The van der Waals surface area contributed by atoms with Gasteiger partial charge >= 0.3 is 0 Å². The molecule has 0 aliphatic heterocycles. The van der Waals surface area contributed by atoms with E-state index in [1.54, 1.807) is 0 Å². The minimum absolute atomic E-state index is 0.0744. The molecule has 0 radical (unpaired) electrons. The fourth-order valence-corrected chi connectivity index (χ4v) is 2.19. The molecule has 0 aromatic heterocycles. The molecule has 0 bridgehead atoms. The van der Waals surface area contributed by atoms with Gasteiger partial charge in [0.05, 0.1) is 26.4 Å². The molecule has 114 valence electrons. The Bertz CT molecular complexity index is 316. The molecular weight excluding hydrogens is 256 g/mol. The Morgan fingerprint density at radius 2 is 1.45 bits per heavy atom. The Balaban J connectivity index is 2.35. The SMILES string of the molecule is OCCOCCCC(CCOCCO)c1ccccc1. The van der Waals surface area contributed by atoms with Gasteiger partial charge in [-0.3, -0.25) is 0 Å². The Kier molecular flexibility index (Phi) is 10.1. The third-order valence-electron chi connectivity index (χ3n) is 3.19. The van der Waals surface area contributed by atoms with Crippen LogP contribution < -0.4 is 0 Å². The van der Waals surface area contributed by atoms with E-state index in [1.165, 1.54) is 5.56 Å². The molecule has 0 amide bonds. The molecule has 0 saturated carbocycles. The summed E-state index contributed by atoms with van der Waals surface area (Å²) in [5, 5.41) is 17.4. The smallest absolute Gasteiger partial charge is 0.0697 e. The highest BCUT2D eigenvalue weighted by molar-refractivity contribution is 5.19. The Hall–Kier alpha value is -0.940. The fraction of sp³-hybridized carbons (Fsp3) is 0.625. The monoisotopic (exact) mass is 282 g/mol. The van der Waals surface area contributed by atoms with Crippen molar-refractivity contribution in [2.45, 2.75) is 25.2 Å². The van der Waals surface area contributed by atoms with Crippen molar-refractivity contribution in [1.82, 2.24) is 0 Å². The van der Waals surface area contributed by atoms with Crippen LogP contribution in [0.5, 0.6) is 0 Å². The van der Waals surface area contributed by atoms with E-state index in [4.69, 9.17) is 19.7 Å². The Morgan fingerprint density at radius 1 is 0.800 bits per heavy atom. The largest absolute Gasteiger partial charge is 0.394 e. The van der Waals surface area contributed by atoms with Crippen LogP contribution in [-0.4, -0.2) is 49.9 Å². The molecule has 1 aromatic rings. The number of hydrogen-bond donors (Lipinski definition) is 2. The van der Waals surface area contributed by atoms with Gasteiger partial charge in [0.15, 0.2) is 0 Å². The van der Waals surface area contributed by atoms with Crippen LogP contribution in [-0.2, 0) is 9.47 Å². The van der Waals surface area contributed by atoms with E-state index in [0.717, 1.165) is 19.3 Å². The van der Waals surface area contributed by atoms with E-state index in [0.29, 0.717) is 32.3 Å². The highest BCUT2D eigenvalue weighted by Crippen LogP contribution is 2.24. The van der Waals surface area contributed by atoms with Gasteiger partial charge in [0.25, 0.3) is 0 Å². The molecular formula is C16H26O4. The molecule has 0 aliphatic rings. The minimum atomic E-state index is 0.0744. The molecule has 1 unspecified atom stereocenters. The topological polar surface area (TPSA) is 58.9 Å². The molecule has 4 nitrogen and oxygen atoms in total. The molecule has 20 heavy (non-hydrogen) atoms. The van der Waals surface area contributed by atoms with Gasteiger partial charge in [-0.2, -0.15) is 0 Å². The lowest BCUT2D eigenvalue weighted by molar-refractivity contribution is 0.0806. The van der Waals surface area contributed by atoms with Gasteiger partial charge in [0, 0.05) is 13.2 Å². The summed E-state index contributed by atoms with van der Waals surface area (Å²) in [4.78, 5) is 0. The quantitative estimate of drug-likeness (QED) is 0.575. The van der Waals surface area contributed by atoms with Crippen molar-refractivity contribution >= 4 is 0 Å². The van der Waals surface area contributed by atoms with Gasteiger partial charge in [-0.1, -0.05) is 30.3 Å². The number of aliphatic hydroxyl groups excluding tert-OH is 2. The highest BCUT2D eigenvalue weighted by atomic mass is 16.5. The zero-order valence-electron chi connectivity index (χ0n) is 12.0. The third-order valence-corrected chi connectivity index (χ3v) is 3.19. The van der Waals surface area contributed by atoms with Crippen molar-refractivity contribution in [3.63, 3.8) is 0 Å². The number of aliphatic hydroxyl groups is 2. The van der Waals surface area contributed by atoms with Crippen LogP contribution in [0.2, 0.25) is 0 Å². The van der Waals surface area contributed by atoms with Crippen LogP contribution >= 0.6 is 0 Å². The summed E-state index contributed by atoms with van der Waals surface area (Å²) in [6.07, 6.45) is 2.96. The first kappa shape index (κ1) is 17.1. The van der Waals surface area contributed by atoms with Crippen LogP contribution in [0.15, 0.2) is 30.3 Å². The molecule has 2 N–H and O–H groups in total. The normalized spacial score (nSPS) is 12.5. The first-order valence-electron chi connectivity index (χ1n) is 7.30. The van der Waals surface area contributed by atoms with Gasteiger partial charge in [0.1, 0.15) is 0 Å². The average molecular weight is 282 g/mol. The van der Waals surface area contributed by atoms with Gasteiger partial charge in [-0.15, -0.1) is 0 Å². The lowest BCUT2D eigenvalue weighted by atomic mass is 9.91. The summed E-state index contributed by atoms with van der Waals surface area (Å²) >= 11 is 0. The zero-order valence-corrected chi connectivity index (χ0v) is 12.0. The van der Waals surface area contributed by atoms with E-state index in [2.05, 4.69) is 24.3 Å². The first-order valence-corrected chi connectivity index (χ1v) is 7.30. The summed E-state index contributed by atoms with van der Waals surface area (Å²) in [5.74, 6) is 0.451. The van der Waals surface area contributed by atoms with Gasteiger partial charge in [0.2, 0.25) is 0 Å². The maximum atomic E-state index is 8.71. The van der Waals surface area contributed by atoms with E-state index in [-0.39, 0.29) is 13.2 Å². The highest BCUT2D eigenvalue weighted by Gasteiger charge is 2.11. The Morgan fingerprint density at radius 3 is 2.10 bits per heavy atom. The first-order chi connectivity index (χ1) is 9.88. The molecule has 0 fully saturated rings. The summed E-state index contributed by atoms with van der Waals surface area (Å²) in [6.45, 7) is 2.32. The standard InChI is InChI=1S/C16H26O4/c17-9-13-19-11-4-7-16(8-12-20-14-10-18)15-5-2-1-3-6-15/h1-3,5-6,16-18H,4,7-14H2. The van der Waals surface area contributed by atoms with Gasteiger partial charge in [-0.25, -0.2) is 0 Å². The number of benzene rings is 1. The second-order valence-electron chi connectivity index (χ2n) is 4.71. The van der Waals surface area contributed by atoms with Gasteiger partial charge < -0.3 is 19.7 Å². The zero-order chi connectivity index (χ0) is 14.5. The number of rotatable bonds is 12. The second-order valence-corrected chi connectivity index (χ2v) is 4.71. The van der Waals surface area contributed by atoms with Crippen molar-refractivity contribution in [3.8, 4) is 0 Å². The predicted molar refractivity (Wildman–Crippen MR) is 78.8 cm³/mol. The van der Waals surface area contributed by atoms with Crippen molar-refractivity contribution < 1.29 is 19.7 Å². The molecule has 1 atom stereocenters. The summed E-state index contributed by atoms with van der Waals surface area (Å²) in [5.41, 5.74) is 1.32. The molecule has 1 aromatic carbocycles. The molecule has 0 heterocycles. The van der Waals surface area contributed by atoms with Crippen LogP contribution in [0, 0.1) is 0 Å². The molecule has 0 aliphatic carbocycles. The lowest BCUT2D eigenvalue weighted by Gasteiger charge is -2.17. The fourth-order valence-electron chi connectivity index (χ4n) is 2.19. The number of hydrogen-bond acceptors (Lipinski definition) is 4. The van der Waals surface area contributed by atoms with Crippen LogP contribution in [0.1, 0.15) is 30.7 Å². The number of ether oxygens (including phenoxy) is 2. The van der Waals surface area contributed by atoms with Crippen molar-refractivity contribution in [1.29, 1.82) is 0 Å². The minimum Gasteiger partial charge on any atom is -0.394 e. The van der Waals surface area contributed by atoms with Crippen molar-refractivity contribution in [2.24, 2.45) is 0 Å². The summed E-state index contributed by atoms with van der Waals surface area (Å²) in [6, 6.07) is 10.4. The maximum absolute atomic E-state index is 8.71. The molecule has 4 heteroatoms. The average Bonchev–Trinajstić information content (AvgIpc) is 2.50. The third kappa shape index (κ3) is 7.60. The second kappa shape index (κ2) is 11.9. The van der Waals surface area contributed by atoms with Gasteiger partial charge in [-0.05, 0) is 30.7 Å². The maximum Gasteiger partial charge on any atom is 0.0697 e. The van der Waals surface area contributed by atoms with Crippen LogP contribution in [0.25, 0.3) is 0 Å². The Labute approximate surface area is 121 Å². The summed E-state index contributed by atoms with van der Waals surface area (Å²) in [7, 11) is 0. The van der Waals surface area contributed by atoms with Crippen molar-refractivity contribution in [3.05, 3.63) is 35.9 Å². The van der Waals surface area contributed by atoms with Crippen LogP contribution in [0.4, 0.5) is 0 Å². The molecule has 0 spiro atoms. The predicted octanol–water partition coefficient (Wildman–Crippen LogP) is 1.96. The van der Waals surface area contributed by atoms with Crippen LogP contribution in [0.3, 0.4) is 0 Å². The molecule has 1 rings (SSSR count).